The maximum atomic E-state index is 14.1. The molecule has 1 aromatic heterocycles. The summed E-state index contributed by atoms with van der Waals surface area (Å²) in [6.07, 6.45) is 2.86. The van der Waals surface area contributed by atoms with Crippen molar-refractivity contribution in [3.63, 3.8) is 0 Å². The number of ether oxygens (including phenoxy) is 1. The number of benzene rings is 1. The maximum absolute atomic E-state index is 14.1. The van der Waals surface area contributed by atoms with Crippen LogP contribution in [0.1, 0.15) is 42.5 Å². The Balaban J connectivity index is 1.48. The number of hydrogen-bond donors (Lipinski definition) is 2. The van der Waals surface area contributed by atoms with Gasteiger partial charge < -0.3 is 10.1 Å². The highest BCUT2D eigenvalue weighted by molar-refractivity contribution is 7.91. The number of carbonyl (C=O) groups excluding carboxylic acids is 1. The molecule has 1 aromatic carbocycles. The number of nitrogens with one attached hydrogen (secondary N) is 1. The zero-order chi connectivity index (χ0) is 22.9. The Morgan fingerprint density at radius 2 is 2.06 bits per heavy atom. The number of carbonyl (C=O) groups is 1. The first-order chi connectivity index (χ1) is 14.9. The molecule has 1 aliphatic heterocycles. The van der Waals surface area contributed by atoms with Gasteiger partial charge in [-0.3, -0.25) is 0 Å². The highest BCUT2D eigenvalue weighted by Gasteiger charge is 2.40. The van der Waals surface area contributed by atoms with Gasteiger partial charge in [-0.2, -0.15) is 5.10 Å². The molecule has 0 unspecified atom stereocenters. The summed E-state index contributed by atoms with van der Waals surface area (Å²) in [4.78, 5) is 12.8. The normalized spacial score (nSPS) is 21.7. The molecule has 2 amide bonds. The van der Waals surface area contributed by atoms with Crippen LogP contribution in [0.15, 0.2) is 21.5 Å². The fourth-order valence-corrected chi connectivity index (χ4v) is 5.80. The van der Waals surface area contributed by atoms with Gasteiger partial charge in [0.15, 0.2) is 9.92 Å². The van der Waals surface area contributed by atoms with Gasteiger partial charge in [0.05, 0.1) is 19.3 Å². The van der Waals surface area contributed by atoms with E-state index in [2.05, 4.69) is 14.8 Å². The van der Waals surface area contributed by atoms with E-state index in [-0.39, 0.29) is 22.6 Å². The first kappa shape index (κ1) is 21.3. The molecular weight excluding hydrogens is 440 g/mol. The van der Waals surface area contributed by atoms with Crippen molar-refractivity contribution in [2.24, 2.45) is 14.9 Å². The molecule has 1 atom stereocenters. The SMILES string of the molecule is CC1(C)COc2c([S@@](N)(=O)=NC(=O)Nc3c4c(cc5c3CC(F)(F)C5)CCC4)cnn2C1. The van der Waals surface area contributed by atoms with Gasteiger partial charge >= 0.3 is 6.03 Å². The summed E-state index contributed by atoms with van der Waals surface area (Å²) in [7, 11) is -3.66. The van der Waals surface area contributed by atoms with Crippen molar-refractivity contribution in [2.75, 3.05) is 11.9 Å². The van der Waals surface area contributed by atoms with Crippen LogP contribution >= 0.6 is 0 Å². The average molecular weight is 466 g/mol. The van der Waals surface area contributed by atoms with Crippen molar-refractivity contribution in [3.8, 4) is 5.88 Å². The number of anilines is 1. The van der Waals surface area contributed by atoms with E-state index < -0.39 is 28.3 Å². The molecule has 172 valence electrons. The quantitative estimate of drug-likeness (QED) is 0.707. The number of alkyl halides is 2. The Labute approximate surface area is 184 Å². The highest BCUT2D eigenvalue weighted by atomic mass is 32.2. The van der Waals surface area contributed by atoms with Crippen LogP contribution in [0.5, 0.6) is 5.88 Å². The third-order valence-electron chi connectivity index (χ3n) is 6.19. The van der Waals surface area contributed by atoms with E-state index in [0.717, 1.165) is 24.0 Å². The van der Waals surface area contributed by atoms with Crippen LogP contribution in [0.3, 0.4) is 0 Å². The third-order valence-corrected chi connectivity index (χ3v) is 7.53. The molecule has 3 N–H and O–H groups in total. The van der Waals surface area contributed by atoms with Gasteiger partial charge in [-0.15, -0.1) is 4.36 Å². The van der Waals surface area contributed by atoms with Crippen molar-refractivity contribution in [1.82, 2.24) is 9.78 Å². The maximum Gasteiger partial charge on any atom is 0.354 e. The molecule has 0 bridgehead atoms. The molecule has 0 saturated carbocycles. The Morgan fingerprint density at radius 3 is 2.84 bits per heavy atom. The largest absolute Gasteiger partial charge is 0.476 e. The minimum Gasteiger partial charge on any atom is -0.476 e. The van der Waals surface area contributed by atoms with Crippen molar-refractivity contribution in [2.45, 2.75) is 63.3 Å². The standard InChI is InChI=1S/C21H25F2N5O3S/c1-20(2)10-28-18(31-11-20)16(9-25-28)32(24,30)27-19(29)26-17-14-5-3-4-12(14)6-13-7-21(22,23)8-15(13)17/h6,9H,3-5,7-8,10-11H2,1-2H3,(H3,24,26,27,29,30)/t32-/m0/s1. The number of aromatic nitrogens is 2. The fraction of sp³-hybridized carbons (Fsp3) is 0.524. The second kappa shape index (κ2) is 6.98. The second-order valence-electron chi connectivity index (χ2n) is 9.60. The zero-order valence-corrected chi connectivity index (χ0v) is 18.7. The van der Waals surface area contributed by atoms with Crippen LogP contribution in [0.2, 0.25) is 0 Å². The van der Waals surface area contributed by atoms with E-state index in [4.69, 9.17) is 9.88 Å². The van der Waals surface area contributed by atoms with Crippen molar-refractivity contribution < 1.29 is 22.5 Å². The molecule has 2 heterocycles. The Bertz CT molecular complexity index is 1260. The van der Waals surface area contributed by atoms with E-state index in [1.807, 2.05) is 19.9 Å². The number of nitrogens with two attached hydrogens (primary N) is 1. The Kier molecular flexibility index (Phi) is 4.65. The van der Waals surface area contributed by atoms with Crippen molar-refractivity contribution >= 4 is 21.6 Å². The highest BCUT2D eigenvalue weighted by Crippen LogP contribution is 2.43. The topological polar surface area (TPSA) is 112 Å². The lowest BCUT2D eigenvalue weighted by Gasteiger charge is -2.30. The number of rotatable bonds is 2. The predicted octanol–water partition coefficient (Wildman–Crippen LogP) is 3.46. The summed E-state index contributed by atoms with van der Waals surface area (Å²) >= 11 is 0. The molecular formula is C21H25F2N5O3S. The number of urea groups is 1. The van der Waals surface area contributed by atoms with E-state index in [9.17, 15) is 17.8 Å². The predicted molar refractivity (Wildman–Crippen MR) is 114 cm³/mol. The van der Waals surface area contributed by atoms with Crippen LogP contribution in [0, 0.1) is 5.41 Å². The molecule has 2 aromatic rings. The van der Waals surface area contributed by atoms with Crippen LogP contribution in [0.25, 0.3) is 0 Å². The number of nitrogens with zero attached hydrogens (tertiary/aromatic N) is 3. The van der Waals surface area contributed by atoms with Gasteiger partial charge in [0.1, 0.15) is 4.90 Å². The lowest BCUT2D eigenvalue weighted by Crippen LogP contribution is -2.33. The summed E-state index contributed by atoms with van der Waals surface area (Å²) < 4.78 is 52.3. The van der Waals surface area contributed by atoms with Gasteiger partial charge in [0.2, 0.25) is 5.88 Å². The average Bonchev–Trinajstić information content (AvgIpc) is 3.35. The van der Waals surface area contributed by atoms with Crippen LogP contribution < -0.4 is 15.2 Å². The van der Waals surface area contributed by atoms with Gasteiger partial charge in [0.25, 0.3) is 5.92 Å². The fourth-order valence-electron chi connectivity index (χ4n) is 4.80. The summed E-state index contributed by atoms with van der Waals surface area (Å²) in [5.41, 5.74) is 2.99. The van der Waals surface area contributed by atoms with Gasteiger partial charge in [-0.25, -0.2) is 27.6 Å². The molecule has 5 rings (SSSR count). The van der Waals surface area contributed by atoms with Crippen LogP contribution in [0.4, 0.5) is 19.3 Å². The molecule has 0 spiro atoms. The first-order valence-corrected chi connectivity index (χ1v) is 12.1. The molecule has 8 nitrogen and oxygen atoms in total. The lowest BCUT2D eigenvalue weighted by atomic mass is 9.94. The molecule has 2 aliphatic carbocycles. The summed E-state index contributed by atoms with van der Waals surface area (Å²) in [6, 6.07) is 0.890. The molecule has 0 saturated heterocycles. The van der Waals surface area contributed by atoms with E-state index in [1.54, 1.807) is 4.68 Å². The van der Waals surface area contributed by atoms with Crippen LogP contribution in [-0.4, -0.2) is 32.5 Å². The Hall–Kier alpha value is -2.53. The minimum atomic E-state index is -3.66. The number of aryl methyl sites for hydroxylation is 1. The van der Waals surface area contributed by atoms with E-state index in [0.29, 0.717) is 36.4 Å². The molecule has 0 fully saturated rings. The van der Waals surface area contributed by atoms with Crippen molar-refractivity contribution in [1.29, 1.82) is 0 Å². The number of fused-ring (bicyclic) bond motifs is 3. The zero-order valence-electron chi connectivity index (χ0n) is 17.9. The smallest absolute Gasteiger partial charge is 0.354 e. The van der Waals surface area contributed by atoms with E-state index >= 15 is 0 Å². The number of amides is 2. The summed E-state index contributed by atoms with van der Waals surface area (Å²) in [5.74, 6) is -2.62. The second-order valence-corrected chi connectivity index (χ2v) is 11.4. The van der Waals surface area contributed by atoms with Crippen molar-refractivity contribution in [3.05, 3.63) is 34.5 Å². The third kappa shape index (κ3) is 3.66. The van der Waals surface area contributed by atoms with Gasteiger partial charge in [-0.05, 0) is 41.5 Å². The van der Waals surface area contributed by atoms with Crippen LogP contribution in [-0.2, 0) is 42.1 Å². The Morgan fingerprint density at radius 1 is 1.28 bits per heavy atom. The molecule has 0 radical (unpaired) electrons. The molecule has 11 heteroatoms. The molecule has 3 aliphatic rings. The van der Waals surface area contributed by atoms with Gasteiger partial charge in [-0.1, -0.05) is 19.9 Å². The summed E-state index contributed by atoms with van der Waals surface area (Å²) in [5, 5.41) is 12.7. The van der Waals surface area contributed by atoms with E-state index in [1.165, 1.54) is 6.20 Å². The minimum absolute atomic E-state index is 0.0400. The number of halogens is 2. The number of hydrogen-bond acceptors (Lipinski definition) is 4. The lowest BCUT2D eigenvalue weighted by molar-refractivity contribution is 0.0131. The summed E-state index contributed by atoms with van der Waals surface area (Å²) in [6.45, 7) is 4.94. The van der Waals surface area contributed by atoms with Gasteiger partial charge in [0, 0.05) is 23.9 Å². The first-order valence-electron chi connectivity index (χ1n) is 10.5. The monoisotopic (exact) mass is 465 g/mol. The molecule has 32 heavy (non-hydrogen) atoms.